The van der Waals surface area contributed by atoms with Gasteiger partial charge >= 0.3 is 0 Å². The van der Waals surface area contributed by atoms with Crippen molar-refractivity contribution in [2.45, 2.75) is 37.0 Å². The van der Waals surface area contributed by atoms with Gasteiger partial charge in [-0.25, -0.2) is 0 Å². The van der Waals surface area contributed by atoms with Crippen LogP contribution in [-0.2, 0) is 5.41 Å². The van der Waals surface area contributed by atoms with Crippen LogP contribution in [0.15, 0.2) is 18.2 Å². The molecule has 0 bridgehead atoms. The molecular weight excluding hydrogens is 243 g/mol. The molecule has 16 heavy (non-hydrogen) atoms. The fourth-order valence-corrected chi connectivity index (χ4v) is 3.19. The Kier molecular flexibility index (Phi) is 3.37. The highest BCUT2D eigenvalue weighted by Gasteiger charge is 2.37. The second-order valence-electron chi connectivity index (χ2n) is 4.75. The number of hydrogen-bond donors (Lipinski definition) is 0. The van der Waals surface area contributed by atoms with Crippen molar-refractivity contribution in [2.24, 2.45) is 0 Å². The van der Waals surface area contributed by atoms with E-state index in [1.54, 1.807) is 7.11 Å². The van der Waals surface area contributed by atoms with E-state index in [0.29, 0.717) is 0 Å². The summed E-state index contributed by atoms with van der Waals surface area (Å²) in [5.41, 5.74) is 1.29. The fraction of sp³-hybridized carbons (Fsp3) is 0.538. The lowest BCUT2D eigenvalue weighted by molar-refractivity contribution is 0.386. The minimum absolute atomic E-state index is 0.0999. The Bertz CT molecular complexity index is 392. The van der Waals surface area contributed by atoms with Crippen molar-refractivity contribution in [3.8, 4) is 5.75 Å². The van der Waals surface area contributed by atoms with Gasteiger partial charge in [0.25, 0.3) is 0 Å². The zero-order valence-electron chi connectivity index (χ0n) is 9.59. The van der Waals surface area contributed by atoms with E-state index in [-0.39, 0.29) is 10.8 Å². The van der Waals surface area contributed by atoms with Crippen LogP contribution in [-0.4, -0.2) is 12.5 Å². The quantitative estimate of drug-likeness (QED) is 0.715. The van der Waals surface area contributed by atoms with E-state index in [0.717, 1.165) is 30.0 Å². The summed E-state index contributed by atoms with van der Waals surface area (Å²) < 4.78 is 5.41. The maximum atomic E-state index is 6.21. The van der Waals surface area contributed by atoms with Gasteiger partial charge in [-0.2, -0.15) is 0 Å². The van der Waals surface area contributed by atoms with Gasteiger partial charge in [-0.15, -0.1) is 11.6 Å². The lowest BCUT2D eigenvalue weighted by atomic mass is 9.80. The van der Waals surface area contributed by atoms with Crippen LogP contribution in [0.2, 0.25) is 5.02 Å². The summed E-state index contributed by atoms with van der Waals surface area (Å²) >= 11 is 12.3. The maximum Gasteiger partial charge on any atom is 0.122 e. The van der Waals surface area contributed by atoms with Gasteiger partial charge in [0.1, 0.15) is 5.75 Å². The Hall–Kier alpha value is -0.400. The van der Waals surface area contributed by atoms with Gasteiger partial charge in [-0.1, -0.05) is 18.5 Å². The molecule has 88 valence electrons. The highest BCUT2D eigenvalue weighted by atomic mass is 35.5. The van der Waals surface area contributed by atoms with Gasteiger partial charge in [0.05, 0.1) is 7.11 Å². The Morgan fingerprint density at radius 2 is 2.19 bits per heavy atom. The first-order valence-corrected chi connectivity index (χ1v) is 6.35. The van der Waals surface area contributed by atoms with Crippen LogP contribution in [0, 0.1) is 0 Å². The number of methoxy groups -OCH3 is 1. The normalized spacial score (nSPS) is 29.4. The predicted octanol–water partition coefficient (Wildman–Crippen LogP) is 4.40. The van der Waals surface area contributed by atoms with Crippen molar-refractivity contribution in [3.05, 3.63) is 28.8 Å². The van der Waals surface area contributed by atoms with E-state index in [4.69, 9.17) is 27.9 Å². The first-order chi connectivity index (χ1) is 7.55. The number of benzene rings is 1. The summed E-state index contributed by atoms with van der Waals surface area (Å²) in [6, 6.07) is 5.81. The van der Waals surface area contributed by atoms with Crippen LogP contribution in [0.4, 0.5) is 0 Å². The maximum absolute atomic E-state index is 6.21. The Morgan fingerprint density at radius 3 is 2.75 bits per heavy atom. The molecule has 1 saturated carbocycles. The van der Waals surface area contributed by atoms with Crippen LogP contribution in [0.1, 0.15) is 31.7 Å². The molecule has 2 atom stereocenters. The molecule has 1 fully saturated rings. The van der Waals surface area contributed by atoms with Crippen LogP contribution in [0.3, 0.4) is 0 Å². The highest BCUT2D eigenvalue weighted by Crippen LogP contribution is 2.46. The molecule has 1 aromatic carbocycles. The van der Waals surface area contributed by atoms with Crippen molar-refractivity contribution in [1.29, 1.82) is 0 Å². The van der Waals surface area contributed by atoms with Gasteiger partial charge < -0.3 is 4.74 Å². The molecule has 0 amide bonds. The van der Waals surface area contributed by atoms with Crippen molar-refractivity contribution in [1.82, 2.24) is 0 Å². The third-order valence-corrected chi connectivity index (χ3v) is 4.10. The largest absolute Gasteiger partial charge is 0.496 e. The molecule has 3 heteroatoms. The molecule has 1 nitrogen and oxygen atoms in total. The fourth-order valence-electron chi connectivity index (χ4n) is 2.56. The molecule has 1 aliphatic carbocycles. The molecule has 2 rings (SSSR count). The highest BCUT2D eigenvalue weighted by molar-refractivity contribution is 6.30. The van der Waals surface area contributed by atoms with Crippen molar-refractivity contribution in [2.75, 3.05) is 7.11 Å². The number of hydrogen-bond acceptors (Lipinski definition) is 1. The van der Waals surface area contributed by atoms with E-state index < -0.39 is 0 Å². The third-order valence-electron chi connectivity index (χ3n) is 3.49. The van der Waals surface area contributed by atoms with Crippen molar-refractivity contribution >= 4 is 23.2 Å². The number of alkyl halides is 1. The average molecular weight is 259 g/mol. The van der Waals surface area contributed by atoms with Gasteiger partial charge in [-0.05, 0) is 42.9 Å². The second-order valence-corrected chi connectivity index (χ2v) is 5.80. The molecule has 0 N–H and O–H groups in total. The van der Waals surface area contributed by atoms with Gasteiger partial charge in [0.2, 0.25) is 0 Å². The van der Waals surface area contributed by atoms with E-state index in [2.05, 4.69) is 6.92 Å². The zero-order valence-corrected chi connectivity index (χ0v) is 11.1. The molecule has 1 aromatic rings. The standard InChI is InChI=1S/C13H16Cl2O/c1-13(6-5-10(15)8-13)11-7-9(14)3-4-12(11)16-2/h3-4,7,10H,5-6,8H2,1-2H3. The molecule has 2 unspecified atom stereocenters. The van der Waals surface area contributed by atoms with Gasteiger partial charge in [0.15, 0.2) is 0 Å². The molecule has 0 spiro atoms. The molecule has 0 radical (unpaired) electrons. The van der Waals surface area contributed by atoms with Gasteiger partial charge in [0, 0.05) is 16.0 Å². The Morgan fingerprint density at radius 1 is 1.44 bits per heavy atom. The van der Waals surface area contributed by atoms with E-state index in [9.17, 15) is 0 Å². The molecule has 0 saturated heterocycles. The first kappa shape index (κ1) is 12.1. The summed E-state index contributed by atoms with van der Waals surface area (Å²) in [5, 5.41) is 1.03. The van der Waals surface area contributed by atoms with E-state index in [1.807, 2.05) is 18.2 Å². The molecule has 0 aromatic heterocycles. The first-order valence-electron chi connectivity index (χ1n) is 5.53. The van der Waals surface area contributed by atoms with E-state index in [1.165, 1.54) is 5.56 Å². The minimum atomic E-state index is 0.0999. The summed E-state index contributed by atoms with van der Waals surface area (Å²) in [4.78, 5) is 0. The lowest BCUT2D eigenvalue weighted by Crippen LogP contribution is -2.19. The van der Waals surface area contributed by atoms with Gasteiger partial charge in [-0.3, -0.25) is 0 Å². The lowest BCUT2D eigenvalue weighted by Gasteiger charge is -2.26. The van der Waals surface area contributed by atoms with Crippen LogP contribution in [0.25, 0.3) is 0 Å². The SMILES string of the molecule is COc1ccc(Cl)cc1C1(C)CCC(Cl)C1. The average Bonchev–Trinajstić information content (AvgIpc) is 2.60. The zero-order chi connectivity index (χ0) is 11.8. The summed E-state index contributed by atoms with van der Waals surface area (Å²) in [6.07, 6.45) is 3.15. The van der Waals surface area contributed by atoms with Crippen LogP contribution in [0.5, 0.6) is 5.75 Å². The summed E-state index contributed by atoms with van der Waals surface area (Å²) in [7, 11) is 1.70. The number of rotatable bonds is 2. The second kappa shape index (κ2) is 4.46. The van der Waals surface area contributed by atoms with Crippen molar-refractivity contribution < 1.29 is 4.74 Å². The number of ether oxygens (including phenoxy) is 1. The molecule has 0 aliphatic heterocycles. The van der Waals surface area contributed by atoms with E-state index >= 15 is 0 Å². The molecule has 0 heterocycles. The molecular formula is C13H16Cl2O. The summed E-state index contributed by atoms with van der Waals surface area (Å²) in [5.74, 6) is 0.915. The van der Waals surface area contributed by atoms with Crippen molar-refractivity contribution in [3.63, 3.8) is 0 Å². The number of halogens is 2. The Labute approximate surface area is 107 Å². The van der Waals surface area contributed by atoms with Crippen LogP contribution < -0.4 is 4.74 Å². The summed E-state index contributed by atoms with van der Waals surface area (Å²) in [6.45, 7) is 2.24. The van der Waals surface area contributed by atoms with Crippen LogP contribution >= 0.6 is 23.2 Å². The predicted molar refractivity (Wildman–Crippen MR) is 68.8 cm³/mol. The Balaban J connectivity index is 2.42. The topological polar surface area (TPSA) is 9.23 Å². The third kappa shape index (κ3) is 2.16. The molecule has 1 aliphatic rings. The monoisotopic (exact) mass is 258 g/mol. The smallest absolute Gasteiger partial charge is 0.122 e. The minimum Gasteiger partial charge on any atom is -0.496 e.